The van der Waals surface area contributed by atoms with Crippen molar-refractivity contribution in [1.29, 1.82) is 0 Å². The van der Waals surface area contributed by atoms with Crippen molar-refractivity contribution in [3.05, 3.63) is 15.4 Å². The van der Waals surface area contributed by atoms with Gasteiger partial charge in [0, 0.05) is 18.8 Å². The lowest BCUT2D eigenvalue weighted by molar-refractivity contribution is 0.189. The molecule has 1 aliphatic heterocycles. The van der Waals surface area contributed by atoms with E-state index in [9.17, 15) is 18.3 Å². The molecule has 6 nitrogen and oxygen atoms in total. The SMILES string of the molecule is Cc1[nH]c(=O)sc1S(=O)(=O)N1CC[C@@H](O)C1. The molecule has 0 radical (unpaired) electrons. The van der Waals surface area contributed by atoms with Crippen LogP contribution >= 0.6 is 11.3 Å². The summed E-state index contributed by atoms with van der Waals surface area (Å²) in [5, 5.41) is 9.31. The lowest BCUT2D eigenvalue weighted by atomic mass is 10.3. The zero-order valence-electron chi connectivity index (χ0n) is 8.63. The molecule has 0 spiro atoms. The van der Waals surface area contributed by atoms with Gasteiger partial charge in [0.25, 0.3) is 10.0 Å². The minimum absolute atomic E-state index is 0.0478. The molecule has 1 fully saturated rings. The molecule has 2 rings (SSSR count). The van der Waals surface area contributed by atoms with Crippen LogP contribution in [0.2, 0.25) is 0 Å². The Morgan fingerprint density at radius 1 is 1.56 bits per heavy atom. The third-order valence-corrected chi connectivity index (χ3v) is 5.93. The molecule has 8 heteroatoms. The summed E-state index contributed by atoms with van der Waals surface area (Å²) in [7, 11) is -3.62. The number of hydrogen-bond acceptors (Lipinski definition) is 5. The lowest BCUT2D eigenvalue weighted by Crippen LogP contribution is -2.29. The molecular formula is C8H12N2O4S2. The molecule has 1 aliphatic rings. The van der Waals surface area contributed by atoms with Gasteiger partial charge in [-0.25, -0.2) is 8.42 Å². The second-order valence-corrected chi connectivity index (χ2v) is 6.85. The van der Waals surface area contributed by atoms with Gasteiger partial charge >= 0.3 is 4.87 Å². The molecule has 2 N–H and O–H groups in total. The monoisotopic (exact) mass is 264 g/mol. The highest BCUT2D eigenvalue weighted by Crippen LogP contribution is 2.24. The maximum absolute atomic E-state index is 12.1. The van der Waals surface area contributed by atoms with Crippen molar-refractivity contribution < 1.29 is 13.5 Å². The van der Waals surface area contributed by atoms with Gasteiger partial charge in [-0.15, -0.1) is 0 Å². The molecule has 0 aromatic carbocycles. The first-order valence-corrected chi connectivity index (χ1v) is 7.05. The van der Waals surface area contributed by atoms with Crippen molar-refractivity contribution in [2.75, 3.05) is 13.1 Å². The van der Waals surface area contributed by atoms with Crippen molar-refractivity contribution in [3.63, 3.8) is 0 Å². The Morgan fingerprint density at radius 3 is 2.69 bits per heavy atom. The van der Waals surface area contributed by atoms with Gasteiger partial charge in [0.2, 0.25) is 0 Å². The average Bonchev–Trinajstić information content (AvgIpc) is 2.73. The van der Waals surface area contributed by atoms with Crippen LogP contribution in [0.25, 0.3) is 0 Å². The number of aromatic amines is 1. The molecule has 0 unspecified atom stereocenters. The van der Waals surface area contributed by atoms with E-state index in [1.165, 1.54) is 4.31 Å². The highest BCUT2D eigenvalue weighted by Gasteiger charge is 2.33. The molecule has 2 heterocycles. The Morgan fingerprint density at radius 2 is 2.25 bits per heavy atom. The van der Waals surface area contributed by atoms with Gasteiger partial charge in [-0.05, 0) is 13.3 Å². The van der Waals surface area contributed by atoms with Gasteiger partial charge < -0.3 is 10.1 Å². The highest BCUT2D eigenvalue weighted by molar-refractivity contribution is 7.91. The van der Waals surface area contributed by atoms with Gasteiger partial charge in [0.05, 0.1) is 6.10 Å². The van der Waals surface area contributed by atoms with E-state index in [0.717, 1.165) is 0 Å². The van der Waals surface area contributed by atoms with Gasteiger partial charge in [0.1, 0.15) is 0 Å². The summed E-state index contributed by atoms with van der Waals surface area (Å²) < 4.78 is 25.4. The highest BCUT2D eigenvalue weighted by atomic mass is 32.2. The Kier molecular flexibility index (Phi) is 2.91. The molecule has 0 amide bonds. The first-order chi connectivity index (χ1) is 7.41. The fourth-order valence-corrected chi connectivity index (χ4v) is 4.61. The Bertz CT molecular complexity index is 545. The Hall–Kier alpha value is -0.700. The number of sulfonamides is 1. The summed E-state index contributed by atoms with van der Waals surface area (Å²) in [6.07, 6.45) is -0.164. The number of thiazole rings is 1. The molecular weight excluding hydrogens is 252 g/mol. The Balaban J connectivity index is 2.39. The van der Waals surface area contributed by atoms with Crippen LogP contribution in [0.3, 0.4) is 0 Å². The zero-order chi connectivity index (χ0) is 11.9. The number of nitrogens with one attached hydrogen (secondary N) is 1. The maximum Gasteiger partial charge on any atom is 0.305 e. The number of aliphatic hydroxyl groups is 1. The van der Waals surface area contributed by atoms with Crippen LogP contribution in [0.15, 0.2) is 9.00 Å². The number of β-amino-alcohol motifs (C(OH)–C–C–N with tert-alkyl or cyclic N) is 1. The van der Waals surface area contributed by atoms with Crippen LogP contribution in [-0.2, 0) is 10.0 Å². The quantitative estimate of drug-likeness (QED) is 0.753. The van der Waals surface area contributed by atoms with Crippen LogP contribution < -0.4 is 4.87 Å². The summed E-state index contributed by atoms with van der Waals surface area (Å²) in [6.45, 7) is 1.96. The predicted molar refractivity (Wildman–Crippen MR) is 59.1 cm³/mol. The van der Waals surface area contributed by atoms with Gasteiger partial charge in [-0.2, -0.15) is 4.31 Å². The van der Waals surface area contributed by atoms with E-state index in [2.05, 4.69) is 4.98 Å². The van der Waals surface area contributed by atoms with Crippen LogP contribution in [0.4, 0.5) is 0 Å². The van der Waals surface area contributed by atoms with E-state index in [4.69, 9.17) is 0 Å². The topological polar surface area (TPSA) is 90.5 Å². The minimum Gasteiger partial charge on any atom is -0.392 e. The molecule has 0 aliphatic carbocycles. The second kappa shape index (κ2) is 3.95. The molecule has 1 aromatic heterocycles. The minimum atomic E-state index is -3.62. The first-order valence-electron chi connectivity index (χ1n) is 4.79. The zero-order valence-corrected chi connectivity index (χ0v) is 10.3. The lowest BCUT2D eigenvalue weighted by Gasteiger charge is -2.14. The first kappa shape index (κ1) is 11.8. The largest absolute Gasteiger partial charge is 0.392 e. The number of rotatable bonds is 2. The molecule has 1 saturated heterocycles. The molecule has 90 valence electrons. The van der Waals surface area contributed by atoms with E-state index in [0.29, 0.717) is 30.0 Å². The third kappa shape index (κ3) is 1.93. The average molecular weight is 264 g/mol. The summed E-state index contributed by atoms with van der Waals surface area (Å²) >= 11 is 0.687. The summed E-state index contributed by atoms with van der Waals surface area (Å²) in [5.41, 5.74) is 0.358. The Labute approximate surface area is 96.6 Å². The fraction of sp³-hybridized carbons (Fsp3) is 0.625. The van der Waals surface area contributed by atoms with Gasteiger partial charge in [-0.1, -0.05) is 11.3 Å². The van der Waals surface area contributed by atoms with Crippen molar-refractivity contribution in [1.82, 2.24) is 9.29 Å². The predicted octanol–water partition coefficient (Wildman–Crippen LogP) is -0.500. The van der Waals surface area contributed by atoms with E-state index < -0.39 is 16.1 Å². The number of aryl methyl sites for hydroxylation is 1. The standard InChI is InChI=1S/C8H12N2O4S2/c1-5-7(15-8(12)9-5)16(13,14)10-3-2-6(11)4-10/h6,11H,2-4H2,1H3,(H,9,12)/t6-/m1/s1. The number of hydrogen-bond donors (Lipinski definition) is 2. The van der Waals surface area contributed by atoms with E-state index in [1.54, 1.807) is 6.92 Å². The molecule has 1 aromatic rings. The second-order valence-electron chi connectivity index (χ2n) is 3.73. The number of aliphatic hydroxyl groups excluding tert-OH is 1. The summed E-state index contributed by atoms with van der Waals surface area (Å²) in [4.78, 5) is 13.1. The smallest absolute Gasteiger partial charge is 0.305 e. The molecule has 1 atom stereocenters. The van der Waals surface area contributed by atoms with Crippen LogP contribution in [0.5, 0.6) is 0 Å². The van der Waals surface area contributed by atoms with Crippen molar-refractivity contribution in [3.8, 4) is 0 Å². The molecule has 16 heavy (non-hydrogen) atoms. The maximum atomic E-state index is 12.1. The number of nitrogens with zero attached hydrogens (tertiary/aromatic N) is 1. The summed E-state index contributed by atoms with van der Waals surface area (Å²) in [5.74, 6) is 0. The van der Waals surface area contributed by atoms with Crippen LogP contribution in [0.1, 0.15) is 12.1 Å². The van der Waals surface area contributed by atoms with E-state index in [1.807, 2.05) is 0 Å². The molecule has 0 saturated carbocycles. The third-order valence-electron chi connectivity index (χ3n) is 2.48. The van der Waals surface area contributed by atoms with E-state index >= 15 is 0 Å². The van der Waals surface area contributed by atoms with Crippen LogP contribution in [-0.4, -0.2) is 42.0 Å². The van der Waals surface area contributed by atoms with Crippen molar-refractivity contribution in [2.45, 2.75) is 23.7 Å². The molecule has 0 bridgehead atoms. The number of aromatic nitrogens is 1. The van der Waals surface area contributed by atoms with Gasteiger partial charge in [0.15, 0.2) is 4.21 Å². The van der Waals surface area contributed by atoms with Crippen LogP contribution in [0, 0.1) is 6.92 Å². The van der Waals surface area contributed by atoms with Crippen molar-refractivity contribution >= 4 is 21.4 Å². The summed E-state index contributed by atoms with van der Waals surface area (Å²) in [6, 6.07) is 0. The normalized spacial score (nSPS) is 22.8. The fourth-order valence-electron chi connectivity index (χ4n) is 1.68. The van der Waals surface area contributed by atoms with E-state index in [-0.39, 0.29) is 15.6 Å². The number of H-pyrrole nitrogens is 1. The van der Waals surface area contributed by atoms with Gasteiger partial charge in [-0.3, -0.25) is 4.79 Å². The van der Waals surface area contributed by atoms with Crippen molar-refractivity contribution in [2.24, 2.45) is 0 Å².